The SMILES string of the molecule is CC(C(=O)O)c1cc(C#N)ccc1O. The van der Waals surface area contributed by atoms with Crippen LogP contribution in [0.25, 0.3) is 0 Å². The van der Waals surface area contributed by atoms with E-state index in [0.717, 1.165) is 0 Å². The summed E-state index contributed by atoms with van der Waals surface area (Å²) in [5.41, 5.74) is 0.599. The molecule has 0 heterocycles. The third-order valence-electron chi connectivity index (χ3n) is 1.99. The third kappa shape index (κ3) is 1.83. The number of carbonyl (C=O) groups is 1. The van der Waals surface area contributed by atoms with Gasteiger partial charge in [0.25, 0.3) is 0 Å². The number of phenols is 1. The van der Waals surface area contributed by atoms with Crippen LogP contribution in [0.4, 0.5) is 0 Å². The van der Waals surface area contributed by atoms with E-state index in [-0.39, 0.29) is 11.3 Å². The average Bonchev–Trinajstić information content (AvgIpc) is 2.17. The molecule has 0 aliphatic heterocycles. The van der Waals surface area contributed by atoms with E-state index in [0.29, 0.717) is 5.56 Å². The predicted octanol–water partition coefficient (Wildman–Crippen LogP) is 1.45. The molecule has 0 amide bonds. The molecule has 1 unspecified atom stereocenters. The number of aliphatic carboxylic acids is 1. The highest BCUT2D eigenvalue weighted by molar-refractivity contribution is 5.76. The molecule has 4 nitrogen and oxygen atoms in total. The summed E-state index contributed by atoms with van der Waals surface area (Å²) in [5, 5.41) is 26.7. The first-order valence-corrected chi connectivity index (χ1v) is 4.02. The van der Waals surface area contributed by atoms with Crippen LogP contribution in [0.15, 0.2) is 18.2 Å². The number of benzene rings is 1. The lowest BCUT2D eigenvalue weighted by Gasteiger charge is -2.08. The van der Waals surface area contributed by atoms with E-state index in [1.165, 1.54) is 25.1 Å². The molecule has 1 aromatic rings. The van der Waals surface area contributed by atoms with Crippen LogP contribution in [0.1, 0.15) is 24.0 Å². The Hall–Kier alpha value is -2.02. The van der Waals surface area contributed by atoms with Crippen molar-refractivity contribution in [2.24, 2.45) is 0 Å². The van der Waals surface area contributed by atoms with Gasteiger partial charge in [-0.25, -0.2) is 0 Å². The first-order chi connectivity index (χ1) is 6.56. The van der Waals surface area contributed by atoms with Crippen LogP contribution < -0.4 is 0 Å². The van der Waals surface area contributed by atoms with E-state index in [1.54, 1.807) is 0 Å². The lowest BCUT2D eigenvalue weighted by molar-refractivity contribution is -0.138. The summed E-state index contributed by atoms with van der Waals surface area (Å²) in [7, 11) is 0. The van der Waals surface area contributed by atoms with E-state index in [1.807, 2.05) is 6.07 Å². The summed E-state index contributed by atoms with van der Waals surface area (Å²) < 4.78 is 0. The van der Waals surface area contributed by atoms with Crippen molar-refractivity contribution in [3.8, 4) is 11.8 Å². The molecule has 0 saturated heterocycles. The zero-order valence-electron chi connectivity index (χ0n) is 7.56. The molecule has 14 heavy (non-hydrogen) atoms. The maximum Gasteiger partial charge on any atom is 0.310 e. The van der Waals surface area contributed by atoms with Gasteiger partial charge in [-0.2, -0.15) is 5.26 Å². The van der Waals surface area contributed by atoms with Crippen LogP contribution in [-0.4, -0.2) is 16.2 Å². The molecule has 0 spiro atoms. The second-order valence-corrected chi connectivity index (χ2v) is 2.95. The fourth-order valence-corrected chi connectivity index (χ4v) is 1.10. The number of rotatable bonds is 2. The molecule has 1 aromatic carbocycles. The molecular weight excluding hydrogens is 182 g/mol. The largest absolute Gasteiger partial charge is 0.508 e. The van der Waals surface area contributed by atoms with Crippen LogP contribution in [0, 0.1) is 11.3 Å². The standard InChI is InChI=1S/C10H9NO3/c1-6(10(13)14)8-4-7(5-11)2-3-9(8)12/h2-4,6,12H,1H3,(H,13,14). The van der Waals surface area contributed by atoms with Crippen LogP contribution in [-0.2, 0) is 4.79 Å². The number of nitriles is 1. The summed E-state index contributed by atoms with van der Waals surface area (Å²) in [4.78, 5) is 10.7. The predicted molar refractivity (Wildman–Crippen MR) is 48.9 cm³/mol. The Kier molecular flexibility index (Phi) is 2.73. The lowest BCUT2D eigenvalue weighted by Crippen LogP contribution is -2.07. The maximum atomic E-state index is 10.7. The number of hydrogen-bond donors (Lipinski definition) is 2. The summed E-state index contributed by atoms with van der Waals surface area (Å²) in [6.45, 7) is 1.46. The molecule has 0 aliphatic rings. The molecule has 1 rings (SSSR count). The van der Waals surface area contributed by atoms with Gasteiger partial charge in [-0.3, -0.25) is 4.79 Å². The van der Waals surface area contributed by atoms with Crippen LogP contribution in [0.2, 0.25) is 0 Å². The molecular formula is C10H9NO3. The van der Waals surface area contributed by atoms with Crippen molar-refractivity contribution in [1.82, 2.24) is 0 Å². The number of hydrogen-bond acceptors (Lipinski definition) is 3. The number of nitrogens with zero attached hydrogens (tertiary/aromatic N) is 1. The van der Waals surface area contributed by atoms with Gasteiger partial charge in [0, 0.05) is 5.56 Å². The van der Waals surface area contributed by atoms with Gasteiger partial charge in [-0.1, -0.05) is 0 Å². The molecule has 0 aromatic heterocycles. The molecule has 0 saturated carbocycles. The lowest BCUT2D eigenvalue weighted by atomic mass is 9.98. The summed E-state index contributed by atoms with van der Waals surface area (Å²) in [5.74, 6) is -1.95. The van der Waals surface area contributed by atoms with Crippen molar-refractivity contribution in [1.29, 1.82) is 5.26 Å². The Balaban J connectivity index is 3.20. The Morgan fingerprint density at radius 1 is 1.57 bits per heavy atom. The Labute approximate surface area is 81.0 Å². The van der Waals surface area contributed by atoms with Gasteiger partial charge in [0.2, 0.25) is 0 Å². The van der Waals surface area contributed by atoms with Gasteiger partial charge in [0.15, 0.2) is 0 Å². The van der Waals surface area contributed by atoms with Gasteiger partial charge in [-0.05, 0) is 25.1 Å². The van der Waals surface area contributed by atoms with Crippen molar-refractivity contribution in [3.63, 3.8) is 0 Å². The summed E-state index contributed by atoms with van der Waals surface area (Å²) >= 11 is 0. The van der Waals surface area contributed by atoms with Crippen molar-refractivity contribution in [3.05, 3.63) is 29.3 Å². The monoisotopic (exact) mass is 191 g/mol. The fourth-order valence-electron chi connectivity index (χ4n) is 1.10. The molecule has 0 aliphatic carbocycles. The van der Waals surface area contributed by atoms with Crippen molar-refractivity contribution >= 4 is 5.97 Å². The van der Waals surface area contributed by atoms with E-state index in [2.05, 4.69) is 0 Å². The zero-order chi connectivity index (χ0) is 10.7. The molecule has 0 bridgehead atoms. The molecule has 4 heteroatoms. The van der Waals surface area contributed by atoms with Gasteiger partial charge in [0.05, 0.1) is 17.6 Å². The first kappa shape index (κ1) is 10.1. The number of aromatic hydroxyl groups is 1. The minimum atomic E-state index is -1.03. The Morgan fingerprint density at radius 3 is 2.71 bits per heavy atom. The zero-order valence-corrected chi connectivity index (χ0v) is 7.56. The highest BCUT2D eigenvalue weighted by Crippen LogP contribution is 2.26. The fraction of sp³-hybridized carbons (Fsp3) is 0.200. The summed E-state index contributed by atoms with van der Waals surface area (Å²) in [6, 6.07) is 6.03. The van der Waals surface area contributed by atoms with E-state index < -0.39 is 11.9 Å². The Bertz CT molecular complexity index is 406. The third-order valence-corrected chi connectivity index (χ3v) is 1.99. The second kappa shape index (κ2) is 3.79. The number of carboxylic acids is 1. The minimum Gasteiger partial charge on any atom is -0.508 e. The number of phenolic OH excluding ortho intramolecular Hbond substituents is 1. The van der Waals surface area contributed by atoms with Crippen LogP contribution in [0.3, 0.4) is 0 Å². The highest BCUT2D eigenvalue weighted by atomic mass is 16.4. The van der Waals surface area contributed by atoms with Crippen molar-refractivity contribution in [2.45, 2.75) is 12.8 Å². The topological polar surface area (TPSA) is 81.3 Å². The van der Waals surface area contributed by atoms with Gasteiger partial charge in [-0.15, -0.1) is 0 Å². The Morgan fingerprint density at radius 2 is 2.21 bits per heavy atom. The van der Waals surface area contributed by atoms with Crippen LogP contribution in [0.5, 0.6) is 5.75 Å². The first-order valence-electron chi connectivity index (χ1n) is 4.02. The maximum absolute atomic E-state index is 10.7. The van der Waals surface area contributed by atoms with Crippen molar-refractivity contribution < 1.29 is 15.0 Å². The molecule has 2 N–H and O–H groups in total. The van der Waals surface area contributed by atoms with Crippen LogP contribution >= 0.6 is 0 Å². The average molecular weight is 191 g/mol. The smallest absolute Gasteiger partial charge is 0.310 e. The van der Waals surface area contributed by atoms with Gasteiger partial charge < -0.3 is 10.2 Å². The highest BCUT2D eigenvalue weighted by Gasteiger charge is 2.17. The number of carboxylic acid groups (broad SMARTS) is 1. The van der Waals surface area contributed by atoms with Crippen molar-refractivity contribution in [2.75, 3.05) is 0 Å². The quantitative estimate of drug-likeness (QED) is 0.741. The molecule has 0 fully saturated rings. The van der Waals surface area contributed by atoms with E-state index >= 15 is 0 Å². The molecule has 1 atom stereocenters. The normalized spacial score (nSPS) is 11.7. The molecule has 0 radical (unpaired) electrons. The summed E-state index contributed by atoms with van der Waals surface area (Å²) in [6.07, 6.45) is 0. The van der Waals surface area contributed by atoms with E-state index in [4.69, 9.17) is 10.4 Å². The van der Waals surface area contributed by atoms with Gasteiger partial charge >= 0.3 is 5.97 Å². The van der Waals surface area contributed by atoms with Gasteiger partial charge in [0.1, 0.15) is 5.75 Å². The minimum absolute atomic E-state index is 0.0982. The molecule has 72 valence electrons. The van der Waals surface area contributed by atoms with E-state index in [9.17, 15) is 9.90 Å². The second-order valence-electron chi connectivity index (χ2n) is 2.95.